The van der Waals surface area contributed by atoms with Gasteiger partial charge in [0.05, 0.1) is 29.6 Å². The van der Waals surface area contributed by atoms with Crippen molar-refractivity contribution in [3.8, 4) is 5.75 Å². The summed E-state index contributed by atoms with van der Waals surface area (Å²) in [5, 5.41) is 14.9. The fraction of sp³-hybridized carbons (Fsp3) is 0.432. The first-order valence-corrected chi connectivity index (χ1v) is 17.6. The minimum absolute atomic E-state index is 0.0402. The van der Waals surface area contributed by atoms with Gasteiger partial charge in [0.1, 0.15) is 5.75 Å². The molecule has 1 aromatic heterocycles. The summed E-state index contributed by atoms with van der Waals surface area (Å²) in [6.45, 7) is 11.5. The Morgan fingerprint density at radius 3 is 2.36 bits per heavy atom. The number of fused-ring (bicyclic) bond motifs is 1. The van der Waals surface area contributed by atoms with E-state index in [2.05, 4.69) is 26.1 Å². The number of halogens is 1. The van der Waals surface area contributed by atoms with E-state index in [1.54, 1.807) is 25.1 Å². The quantitative estimate of drug-likeness (QED) is 0.145. The summed E-state index contributed by atoms with van der Waals surface area (Å²) in [5.41, 5.74) is 4.20. The highest BCUT2D eigenvalue weighted by Crippen LogP contribution is 2.50. The first-order valence-electron chi connectivity index (χ1n) is 16.2. The molecule has 252 valence electrons. The minimum atomic E-state index is -4.02. The highest BCUT2D eigenvalue weighted by molar-refractivity contribution is 7.86. The second kappa shape index (κ2) is 13.4. The number of nitrogens with one attached hydrogen (secondary N) is 1. The fourth-order valence-electron chi connectivity index (χ4n) is 5.88. The molecule has 1 aliphatic rings. The van der Waals surface area contributed by atoms with E-state index in [0.29, 0.717) is 17.9 Å². The van der Waals surface area contributed by atoms with E-state index in [-0.39, 0.29) is 29.2 Å². The van der Waals surface area contributed by atoms with Crippen LogP contribution in [0.4, 0.5) is 10.1 Å². The molecule has 0 radical (unpaired) electrons. The number of hydrogen-bond donors (Lipinski definition) is 2. The number of anilines is 1. The Kier molecular flexibility index (Phi) is 9.87. The van der Waals surface area contributed by atoms with E-state index < -0.39 is 34.6 Å². The zero-order chi connectivity index (χ0) is 34.1. The Morgan fingerprint density at radius 1 is 1.04 bits per heavy atom. The van der Waals surface area contributed by atoms with Crippen LogP contribution in [0.15, 0.2) is 71.6 Å². The number of benzene rings is 3. The van der Waals surface area contributed by atoms with E-state index in [1.807, 2.05) is 54.8 Å². The molecule has 10 heteroatoms. The van der Waals surface area contributed by atoms with Crippen LogP contribution in [0.5, 0.6) is 5.75 Å². The van der Waals surface area contributed by atoms with Crippen molar-refractivity contribution in [2.24, 2.45) is 0 Å². The summed E-state index contributed by atoms with van der Waals surface area (Å²) in [6.07, 6.45) is -0.112. The number of amides is 1. The molecule has 1 fully saturated rings. The van der Waals surface area contributed by atoms with Gasteiger partial charge in [-0.3, -0.25) is 8.98 Å². The van der Waals surface area contributed by atoms with Gasteiger partial charge in [-0.15, -0.1) is 0 Å². The maximum Gasteiger partial charge on any atom is 0.297 e. The van der Waals surface area contributed by atoms with Gasteiger partial charge >= 0.3 is 0 Å². The van der Waals surface area contributed by atoms with E-state index in [1.165, 1.54) is 12.1 Å². The maximum absolute atomic E-state index is 13.9. The molecule has 3 aromatic carbocycles. The Balaban J connectivity index is 1.33. The third kappa shape index (κ3) is 7.55. The lowest BCUT2D eigenvalue weighted by Crippen LogP contribution is -2.28. The van der Waals surface area contributed by atoms with Gasteiger partial charge in [-0.2, -0.15) is 8.42 Å². The Morgan fingerprint density at radius 2 is 1.74 bits per heavy atom. The van der Waals surface area contributed by atoms with Gasteiger partial charge < -0.3 is 19.7 Å². The Bertz CT molecular complexity index is 1860. The van der Waals surface area contributed by atoms with Gasteiger partial charge in [0.2, 0.25) is 12.3 Å². The molecule has 47 heavy (non-hydrogen) atoms. The lowest BCUT2D eigenvalue weighted by Gasteiger charge is -2.24. The van der Waals surface area contributed by atoms with Crippen molar-refractivity contribution in [1.82, 2.24) is 4.57 Å². The number of nitrogens with zero attached hydrogens (tertiary/aromatic N) is 1. The number of aryl methyl sites for hydroxylation is 2. The molecule has 1 heterocycles. The van der Waals surface area contributed by atoms with E-state index in [0.717, 1.165) is 46.1 Å². The second-order valence-corrected chi connectivity index (χ2v) is 15.1. The first kappa shape index (κ1) is 34.6. The summed E-state index contributed by atoms with van der Waals surface area (Å²) in [7, 11) is -4.02. The molecule has 1 saturated carbocycles. The molecule has 2 N–H and O–H groups in total. The van der Waals surface area contributed by atoms with Crippen LogP contribution < -0.4 is 10.1 Å². The van der Waals surface area contributed by atoms with Crippen LogP contribution >= 0.6 is 0 Å². The molecule has 1 unspecified atom stereocenters. The van der Waals surface area contributed by atoms with E-state index in [9.17, 15) is 22.7 Å². The van der Waals surface area contributed by atoms with Crippen LogP contribution in [0.1, 0.15) is 76.3 Å². The lowest BCUT2D eigenvalue weighted by molar-refractivity contribution is -0.118. The SMILES string of the molecule is CCc1cc(C2(C(=O)Nc3ccc4c(c3)cc(C(C)(C)C)n4C[C@@H](O)COS(=O)(=O)c3ccc(C)cc3)CC2)ccc1OC(F)CC. The van der Waals surface area contributed by atoms with Crippen molar-refractivity contribution in [2.75, 3.05) is 11.9 Å². The second-order valence-electron chi connectivity index (χ2n) is 13.5. The molecule has 2 atom stereocenters. The highest BCUT2D eigenvalue weighted by atomic mass is 32.2. The lowest BCUT2D eigenvalue weighted by atomic mass is 9.92. The number of carbonyl (C=O) groups excluding carboxylic acids is 1. The van der Waals surface area contributed by atoms with Gasteiger partial charge in [0.25, 0.3) is 10.1 Å². The summed E-state index contributed by atoms with van der Waals surface area (Å²) in [5.74, 6) is 0.415. The predicted molar refractivity (Wildman–Crippen MR) is 182 cm³/mol. The van der Waals surface area contributed by atoms with Crippen LogP contribution in [0.25, 0.3) is 10.9 Å². The largest absolute Gasteiger partial charge is 0.460 e. The Hall–Kier alpha value is -3.73. The van der Waals surface area contributed by atoms with Crippen LogP contribution in [-0.4, -0.2) is 43.1 Å². The maximum atomic E-state index is 13.9. The number of ether oxygens (including phenoxy) is 1. The van der Waals surface area contributed by atoms with Crippen LogP contribution in [-0.2, 0) is 42.9 Å². The summed E-state index contributed by atoms with van der Waals surface area (Å²) in [4.78, 5) is 13.7. The number of aromatic nitrogens is 1. The third-order valence-electron chi connectivity index (χ3n) is 8.80. The zero-order valence-corrected chi connectivity index (χ0v) is 28.8. The molecule has 5 rings (SSSR count). The number of alkyl halides is 1. The average Bonchev–Trinajstić information content (AvgIpc) is 3.76. The summed E-state index contributed by atoms with van der Waals surface area (Å²) >= 11 is 0. The van der Waals surface area contributed by atoms with Crippen LogP contribution in [0, 0.1) is 6.92 Å². The molecule has 0 spiro atoms. The van der Waals surface area contributed by atoms with Crippen molar-refractivity contribution in [2.45, 2.75) is 102 Å². The monoisotopic (exact) mass is 664 g/mol. The first-order chi connectivity index (χ1) is 22.2. The molecular weight excluding hydrogens is 619 g/mol. The van der Waals surface area contributed by atoms with Gasteiger partial charge in [-0.25, -0.2) is 4.39 Å². The number of aliphatic hydroxyl groups excluding tert-OH is 1. The van der Waals surface area contributed by atoms with Crippen molar-refractivity contribution in [3.63, 3.8) is 0 Å². The highest BCUT2D eigenvalue weighted by Gasteiger charge is 2.51. The molecule has 0 bridgehead atoms. The topological polar surface area (TPSA) is 107 Å². The van der Waals surface area contributed by atoms with Crippen LogP contribution in [0.2, 0.25) is 0 Å². The van der Waals surface area contributed by atoms with Crippen LogP contribution in [0.3, 0.4) is 0 Å². The third-order valence-corrected chi connectivity index (χ3v) is 10.1. The number of aliphatic hydroxyl groups is 1. The number of hydrogen-bond acceptors (Lipinski definition) is 6. The van der Waals surface area contributed by atoms with E-state index in [4.69, 9.17) is 8.92 Å². The predicted octanol–water partition coefficient (Wildman–Crippen LogP) is 7.33. The molecular formula is C37H45FN2O6S. The zero-order valence-electron chi connectivity index (χ0n) is 28.0. The molecule has 8 nitrogen and oxygen atoms in total. The van der Waals surface area contributed by atoms with Crippen molar-refractivity contribution >= 4 is 32.6 Å². The standard InChI is InChI=1S/C37H45FN2O6S/c1-7-25-19-27(11-16-32(25)46-34(38)8-2)37(17-18-37)35(42)39-28-12-15-31-26(20-28)21-33(36(4,5)6)40(31)22-29(41)23-45-47(43,44)30-13-9-24(3)10-14-30/h9-16,19-21,29,34,41H,7-8,17-18,22-23H2,1-6H3,(H,39,42)/t29-,34?/m1/s1. The minimum Gasteiger partial charge on any atom is -0.460 e. The normalized spacial score (nSPS) is 15.7. The molecule has 0 saturated heterocycles. The molecule has 1 amide bonds. The van der Waals surface area contributed by atoms with Crippen molar-refractivity contribution < 1.29 is 31.6 Å². The molecule has 1 aliphatic carbocycles. The van der Waals surface area contributed by atoms with Gasteiger partial charge in [0.15, 0.2) is 0 Å². The smallest absolute Gasteiger partial charge is 0.297 e. The molecule has 0 aliphatic heterocycles. The number of carbonyl (C=O) groups is 1. The fourth-order valence-corrected chi connectivity index (χ4v) is 6.83. The van der Waals surface area contributed by atoms with Gasteiger partial charge in [0, 0.05) is 34.1 Å². The Labute approximate surface area is 277 Å². The van der Waals surface area contributed by atoms with Crippen molar-refractivity contribution in [3.05, 3.63) is 89.1 Å². The van der Waals surface area contributed by atoms with E-state index >= 15 is 0 Å². The summed E-state index contributed by atoms with van der Waals surface area (Å²) < 4.78 is 52.0. The molecule has 4 aromatic rings. The van der Waals surface area contributed by atoms with Crippen molar-refractivity contribution in [1.29, 1.82) is 0 Å². The van der Waals surface area contributed by atoms with Gasteiger partial charge in [-0.1, -0.05) is 64.4 Å². The number of rotatable bonds is 13. The summed E-state index contributed by atoms with van der Waals surface area (Å²) in [6, 6.07) is 19.7. The average molecular weight is 665 g/mol. The van der Waals surface area contributed by atoms with Gasteiger partial charge in [-0.05, 0) is 79.8 Å².